The number of aliphatic hydroxyl groups excluding tert-OH is 1. The summed E-state index contributed by atoms with van der Waals surface area (Å²) >= 11 is 0. The van der Waals surface area contributed by atoms with Gasteiger partial charge in [0, 0.05) is 12.3 Å². The molecule has 0 spiro atoms. The molecule has 2 aromatic rings. The van der Waals surface area contributed by atoms with Gasteiger partial charge in [-0.25, -0.2) is 9.59 Å². The van der Waals surface area contributed by atoms with Crippen molar-refractivity contribution in [2.24, 2.45) is 0 Å². The molecular weight excluding hydrogens is 436 g/mol. The molecule has 8 heteroatoms. The Kier molecular flexibility index (Phi) is 7.17. The zero-order chi connectivity index (χ0) is 24.1. The van der Waals surface area contributed by atoms with E-state index in [9.17, 15) is 19.5 Å². The minimum Gasteiger partial charge on any atom is -0.479 e. The molecule has 2 aliphatic carbocycles. The number of rotatable bonds is 8. The average molecular weight is 467 g/mol. The molecule has 0 heterocycles. The van der Waals surface area contributed by atoms with Crippen LogP contribution in [0.4, 0.5) is 4.79 Å². The second kappa shape index (κ2) is 10.3. The van der Waals surface area contributed by atoms with Crippen molar-refractivity contribution in [3.05, 3.63) is 59.7 Å². The second-order valence-corrected chi connectivity index (χ2v) is 9.13. The van der Waals surface area contributed by atoms with Gasteiger partial charge in [0.2, 0.25) is 5.91 Å². The van der Waals surface area contributed by atoms with Crippen molar-refractivity contribution in [3.8, 4) is 11.1 Å². The highest BCUT2D eigenvalue weighted by molar-refractivity contribution is 5.81. The van der Waals surface area contributed by atoms with E-state index in [0.29, 0.717) is 12.8 Å². The molecule has 8 nitrogen and oxygen atoms in total. The number of carboxylic acid groups (broad SMARTS) is 1. The number of carboxylic acids is 1. The van der Waals surface area contributed by atoms with Crippen LogP contribution in [0.1, 0.15) is 55.6 Å². The molecule has 1 unspecified atom stereocenters. The number of hydrogen-bond acceptors (Lipinski definition) is 5. The van der Waals surface area contributed by atoms with Crippen LogP contribution >= 0.6 is 0 Å². The lowest BCUT2D eigenvalue weighted by Crippen LogP contribution is -2.53. The molecule has 0 aromatic heterocycles. The predicted octanol–water partition coefficient (Wildman–Crippen LogP) is 3.18. The van der Waals surface area contributed by atoms with Gasteiger partial charge in [-0.05, 0) is 35.1 Å². The van der Waals surface area contributed by atoms with E-state index < -0.39 is 29.6 Å². The Bertz CT molecular complexity index is 1020. The number of nitrogens with one attached hydrogen (secondary N) is 2. The number of amides is 2. The summed E-state index contributed by atoms with van der Waals surface area (Å²) in [5, 5.41) is 23.6. The van der Waals surface area contributed by atoms with Gasteiger partial charge in [-0.1, -0.05) is 67.8 Å². The van der Waals surface area contributed by atoms with E-state index in [2.05, 4.69) is 34.9 Å². The summed E-state index contributed by atoms with van der Waals surface area (Å²) in [5.41, 5.74) is 3.80. The maximum Gasteiger partial charge on any atom is 0.407 e. The van der Waals surface area contributed by atoms with Crippen molar-refractivity contribution in [1.29, 1.82) is 0 Å². The fourth-order valence-corrected chi connectivity index (χ4v) is 5.09. The van der Waals surface area contributed by atoms with Gasteiger partial charge >= 0.3 is 12.1 Å². The Hall–Kier alpha value is -3.39. The molecule has 4 rings (SSSR count). The summed E-state index contributed by atoms with van der Waals surface area (Å²) < 4.78 is 5.68. The zero-order valence-corrected chi connectivity index (χ0v) is 19.0. The third-order valence-corrected chi connectivity index (χ3v) is 6.80. The van der Waals surface area contributed by atoms with E-state index in [1.54, 1.807) is 0 Å². The molecule has 4 N–H and O–H groups in total. The van der Waals surface area contributed by atoms with E-state index in [0.717, 1.165) is 41.5 Å². The number of aliphatic hydroxyl groups is 1. The monoisotopic (exact) mass is 466 g/mol. The maximum absolute atomic E-state index is 12.9. The van der Waals surface area contributed by atoms with Crippen LogP contribution in [0.15, 0.2) is 48.5 Å². The Morgan fingerprint density at radius 3 is 2.15 bits per heavy atom. The quantitative estimate of drug-likeness (QED) is 0.474. The van der Waals surface area contributed by atoms with Crippen LogP contribution in [0.2, 0.25) is 0 Å². The SMILES string of the molecule is O=C(CC1(NC(=O)OCC2c3ccccc3-c3ccccc32)CCCCC1)NCC(O)C(=O)O. The van der Waals surface area contributed by atoms with Crippen LogP contribution in [0.5, 0.6) is 0 Å². The van der Waals surface area contributed by atoms with Crippen LogP contribution in [0.25, 0.3) is 11.1 Å². The fraction of sp³-hybridized carbons (Fsp3) is 0.423. The van der Waals surface area contributed by atoms with Gasteiger partial charge in [0.1, 0.15) is 6.61 Å². The normalized spacial score (nSPS) is 17.2. The highest BCUT2D eigenvalue weighted by Crippen LogP contribution is 2.44. The number of fused-ring (bicyclic) bond motifs is 3. The molecule has 34 heavy (non-hydrogen) atoms. The molecule has 1 saturated carbocycles. The van der Waals surface area contributed by atoms with Gasteiger partial charge < -0.3 is 25.6 Å². The Balaban J connectivity index is 1.39. The number of hydrogen-bond donors (Lipinski definition) is 4. The summed E-state index contributed by atoms with van der Waals surface area (Å²) in [5.74, 6) is -1.87. The molecule has 0 saturated heterocycles. The van der Waals surface area contributed by atoms with E-state index in [1.165, 1.54) is 0 Å². The van der Waals surface area contributed by atoms with E-state index >= 15 is 0 Å². The first-order valence-corrected chi connectivity index (χ1v) is 11.7. The topological polar surface area (TPSA) is 125 Å². The maximum atomic E-state index is 12.9. The summed E-state index contributed by atoms with van der Waals surface area (Å²) in [6.45, 7) is -0.192. The fourth-order valence-electron chi connectivity index (χ4n) is 5.09. The highest BCUT2D eigenvalue weighted by Gasteiger charge is 2.37. The largest absolute Gasteiger partial charge is 0.479 e. The Labute approximate surface area is 198 Å². The minimum absolute atomic E-state index is 0.00351. The molecule has 2 amide bonds. The van der Waals surface area contributed by atoms with Gasteiger partial charge in [0.15, 0.2) is 6.10 Å². The third kappa shape index (κ3) is 5.22. The van der Waals surface area contributed by atoms with Crippen molar-refractivity contribution in [2.45, 2.75) is 56.1 Å². The molecule has 2 aromatic carbocycles. The average Bonchev–Trinajstić information content (AvgIpc) is 3.15. The predicted molar refractivity (Wildman–Crippen MR) is 125 cm³/mol. The molecule has 0 radical (unpaired) electrons. The molecule has 0 aliphatic heterocycles. The summed E-state index contributed by atoms with van der Waals surface area (Å²) in [6.07, 6.45) is 1.79. The van der Waals surface area contributed by atoms with Crippen molar-refractivity contribution in [2.75, 3.05) is 13.2 Å². The second-order valence-electron chi connectivity index (χ2n) is 9.13. The molecular formula is C26H30N2O6. The standard InChI is InChI=1S/C26H30N2O6/c29-22(24(31)32)15-27-23(30)14-26(12-6-1-7-13-26)28-25(33)34-16-21-19-10-4-2-8-17(19)18-9-3-5-11-20(18)21/h2-5,8-11,21-22,29H,1,6-7,12-16H2,(H,27,30)(H,28,33)(H,31,32). The molecule has 1 atom stereocenters. The van der Waals surface area contributed by atoms with Gasteiger partial charge in [-0.3, -0.25) is 4.79 Å². The van der Waals surface area contributed by atoms with Gasteiger partial charge in [0.05, 0.1) is 12.1 Å². The molecule has 2 aliphatic rings. The molecule has 1 fully saturated rings. The van der Waals surface area contributed by atoms with Crippen molar-refractivity contribution < 1.29 is 29.3 Å². The smallest absolute Gasteiger partial charge is 0.407 e. The Morgan fingerprint density at radius 1 is 0.971 bits per heavy atom. The zero-order valence-electron chi connectivity index (χ0n) is 19.0. The lowest BCUT2D eigenvalue weighted by Gasteiger charge is -2.37. The first-order valence-electron chi connectivity index (χ1n) is 11.7. The van der Waals surface area contributed by atoms with Gasteiger partial charge in [-0.15, -0.1) is 0 Å². The van der Waals surface area contributed by atoms with Crippen molar-refractivity contribution >= 4 is 18.0 Å². The van der Waals surface area contributed by atoms with Crippen LogP contribution in [0, 0.1) is 0 Å². The van der Waals surface area contributed by atoms with Crippen molar-refractivity contribution in [1.82, 2.24) is 10.6 Å². The van der Waals surface area contributed by atoms with Crippen molar-refractivity contribution in [3.63, 3.8) is 0 Å². The van der Waals surface area contributed by atoms with Crippen LogP contribution in [-0.4, -0.2) is 53.0 Å². The van der Waals surface area contributed by atoms with Gasteiger partial charge in [0.25, 0.3) is 0 Å². The summed E-state index contributed by atoms with van der Waals surface area (Å²) in [7, 11) is 0. The molecule has 0 bridgehead atoms. The lowest BCUT2D eigenvalue weighted by molar-refractivity contribution is -0.146. The van der Waals surface area contributed by atoms with Gasteiger partial charge in [-0.2, -0.15) is 0 Å². The van der Waals surface area contributed by atoms with E-state index in [-0.39, 0.29) is 25.5 Å². The first-order chi connectivity index (χ1) is 16.4. The number of ether oxygens (including phenoxy) is 1. The number of alkyl carbamates (subject to hydrolysis) is 1. The minimum atomic E-state index is -1.67. The summed E-state index contributed by atoms with van der Waals surface area (Å²) in [6, 6.07) is 16.2. The highest BCUT2D eigenvalue weighted by atomic mass is 16.5. The van der Waals surface area contributed by atoms with E-state index in [1.807, 2.05) is 24.3 Å². The van der Waals surface area contributed by atoms with Crippen LogP contribution in [0.3, 0.4) is 0 Å². The third-order valence-electron chi connectivity index (χ3n) is 6.80. The van der Waals surface area contributed by atoms with Crippen LogP contribution < -0.4 is 10.6 Å². The lowest BCUT2D eigenvalue weighted by atomic mass is 9.79. The van der Waals surface area contributed by atoms with E-state index in [4.69, 9.17) is 9.84 Å². The first kappa shape index (κ1) is 23.8. The molecule has 180 valence electrons. The summed E-state index contributed by atoms with van der Waals surface area (Å²) in [4.78, 5) is 36.1. The number of benzene rings is 2. The number of carbonyl (C=O) groups excluding carboxylic acids is 2. The number of aliphatic carboxylic acids is 1. The number of carbonyl (C=O) groups is 3. The van der Waals surface area contributed by atoms with Crippen LogP contribution in [-0.2, 0) is 14.3 Å². The Morgan fingerprint density at radius 2 is 1.56 bits per heavy atom.